The molecule has 2 aromatic rings. The summed E-state index contributed by atoms with van der Waals surface area (Å²) in [5.41, 5.74) is 1.31. The van der Waals surface area contributed by atoms with Crippen LogP contribution in [0.25, 0.3) is 0 Å². The Labute approximate surface area is 192 Å². The largest absolute Gasteiger partial charge is 2.00 e. The minimum atomic E-state index is -0.187. The first-order chi connectivity index (χ1) is 14.1. The second kappa shape index (κ2) is 20.9. The summed E-state index contributed by atoms with van der Waals surface area (Å²) in [7, 11) is 0. The Kier molecular flexibility index (Phi) is 21.5. The number of pyridine rings is 2. The predicted molar refractivity (Wildman–Crippen MR) is 107 cm³/mol. The maximum atomic E-state index is 9.98. The van der Waals surface area contributed by atoms with Crippen molar-refractivity contribution in [2.75, 3.05) is 0 Å². The van der Waals surface area contributed by atoms with E-state index in [-0.39, 0.29) is 39.6 Å². The van der Waals surface area contributed by atoms with Crippen LogP contribution in [0.4, 0.5) is 0 Å². The van der Waals surface area contributed by atoms with E-state index in [1.165, 1.54) is 27.7 Å². The number of hydrogen-bond acceptors (Lipinski definition) is 8. The minimum absolute atomic E-state index is 0. The molecule has 2 heterocycles. The molecule has 0 saturated carbocycles. The third kappa shape index (κ3) is 26.2. The number of hydrogen-bond donors (Lipinski definition) is 0. The SMILES string of the molecule is CC(=O)/C=C(/C)[O-].CC(=O)/C=C(/C)[O-].N#Cc1ccncc1.N#Cc1ccncc1.[Ni+2]. The van der Waals surface area contributed by atoms with E-state index in [0.29, 0.717) is 11.1 Å². The average Bonchev–Trinajstić information content (AvgIpc) is 2.68. The molecule has 0 unspecified atom stereocenters. The van der Waals surface area contributed by atoms with E-state index in [1.54, 1.807) is 49.1 Å². The summed E-state index contributed by atoms with van der Waals surface area (Å²) in [5, 5.41) is 36.5. The van der Waals surface area contributed by atoms with E-state index in [0.717, 1.165) is 12.2 Å². The summed E-state index contributed by atoms with van der Waals surface area (Å²) in [5.74, 6) is -0.750. The van der Waals surface area contributed by atoms with Gasteiger partial charge in [-0.2, -0.15) is 10.5 Å². The molecule has 0 radical (unpaired) electrons. The number of rotatable bonds is 2. The van der Waals surface area contributed by atoms with Crippen molar-refractivity contribution >= 4 is 11.6 Å². The van der Waals surface area contributed by atoms with Gasteiger partial charge in [-0.1, -0.05) is 13.8 Å². The third-order valence-electron chi connectivity index (χ3n) is 2.43. The molecule has 0 aliphatic heterocycles. The molecule has 0 fully saturated rings. The summed E-state index contributed by atoms with van der Waals surface area (Å²) in [6, 6.07) is 10.6. The number of carbonyl (C=O) groups excluding carboxylic acids is 2. The molecule has 0 atom stereocenters. The van der Waals surface area contributed by atoms with Crippen molar-refractivity contribution in [2.24, 2.45) is 0 Å². The second-order valence-electron chi connectivity index (χ2n) is 5.43. The minimum Gasteiger partial charge on any atom is -0.876 e. The molecule has 8 nitrogen and oxygen atoms in total. The van der Waals surface area contributed by atoms with Gasteiger partial charge in [0.05, 0.1) is 23.3 Å². The van der Waals surface area contributed by atoms with Gasteiger partial charge in [-0.25, -0.2) is 0 Å². The number of allylic oxidation sites excluding steroid dienone is 4. The van der Waals surface area contributed by atoms with Gasteiger partial charge in [0.15, 0.2) is 11.6 Å². The molecule has 9 heteroatoms. The Morgan fingerprint density at radius 3 is 1.10 bits per heavy atom. The van der Waals surface area contributed by atoms with Crippen LogP contribution in [0.1, 0.15) is 38.8 Å². The van der Waals surface area contributed by atoms with Crippen LogP contribution in [-0.4, -0.2) is 21.5 Å². The number of aromatic nitrogens is 2. The van der Waals surface area contributed by atoms with Crippen molar-refractivity contribution in [1.29, 1.82) is 10.5 Å². The normalized spacial score (nSPS) is 9.23. The van der Waals surface area contributed by atoms with Crippen molar-refractivity contribution in [1.82, 2.24) is 9.97 Å². The second-order valence-corrected chi connectivity index (χ2v) is 5.43. The van der Waals surface area contributed by atoms with Crippen LogP contribution in [-0.2, 0) is 26.1 Å². The van der Waals surface area contributed by atoms with Crippen molar-refractivity contribution in [2.45, 2.75) is 27.7 Å². The summed E-state index contributed by atoms with van der Waals surface area (Å²) in [6.07, 6.45) is 8.49. The van der Waals surface area contributed by atoms with Crippen molar-refractivity contribution < 1.29 is 36.3 Å². The van der Waals surface area contributed by atoms with Crippen LogP contribution >= 0.6 is 0 Å². The first-order valence-corrected chi connectivity index (χ1v) is 8.44. The van der Waals surface area contributed by atoms with E-state index in [1.807, 2.05) is 12.1 Å². The van der Waals surface area contributed by atoms with Gasteiger partial charge in [-0.15, -0.1) is 11.5 Å². The van der Waals surface area contributed by atoms with Crippen LogP contribution in [0, 0.1) is 22.7 Å². The van der Waals surface area contributed by atoms with Gasteiger partial charge in [-0.3, -0.25) is 19.6 Å². The molecule has 164 valence electrons. The molecule has 31 heavy (non-hydrogen) atoms. The zero-order valence-electron chi connectivity index (χ0n) is 17.5. The van der Waals surface area contributed by atoms with Gasteiger partial charge < -0.3 is 10.2 Å². The molecular weight excluding hydrogens is 443 g/mol. The van der Waals surface area contributed by atoms with E-state index in [4.69, 9.17) is 10.5 Å². The van der Waals surface area contributed by atoms with Crippen LogP contribution in [0.5, 0.6) is 0 Å². The summed E-state index contributed by atoms with van der Waals surface area (Å²) in [4.78, 5) is 27.4. The molecule has 2 aromatic heterocycles. The number of nitrogens with zero attached hydrogens (tertiary/aromatic N) is 4. The van der Waals surface area contributed by atoms with E-state index >= 15 is 0 Å². The van der Waals surface area contributed by atoms with Crippen LogP contribution in [0.2, 0.25) is 0 Å². The van der Waals surface area contributed by atoms with E-state index in [2.05, 4.69) is 9.97 Å². The zero-order chi connectivity index (χ0) is 23.4. The Balaban J connectivity index is -0.000000335. The zero-order valence-corrected chi connectivity index (χ0v) is 18.5. The maximum Gasteiger partial charge on any atom is 2.00 e. The quantitative estimate of drug-likeness (QED) is 0.368. The van der Waals surface area contributed by atoms with Gasteiger partial charge in [0.1, 0.15) is 0 Å². The van der Waals surface area contributed by atoms with Gasteiger partial charge in [-0.05, 0) is 50.3 Å². The van der Waals surface area contributed by atoms with Crippen molar-refractivity contribution in [3.05, 3.63) is 83.9 Å². The van der Waals surface area contributed by atoms with E-state index in [9.17, 15) is 19.8 Å². The fourth-order valence-electron chi connectivity index (χ4n) is 1.43. The molecule has 0 aliphatic rings. The van der Waals surface area contributed by atoms with Gasteiger partial charge in [0, 0.05) is 24.8 Å². The fraction of sp³-hybridized carbons (Fsp3) is 0.182. The Hall–Kier alpha value is -3.81. The first kappa shape index (κ1) is 31.9. The summed E-state index contributed by atoms with van der Waals surface area (Å²) < 4.78 is 0. The molecule has 0 N–H and O–H groups in total. The molecule has 0 aromatic carbocycles. The average molecular weight is 465 g/mol. The molecule has 0 aliphatic carbocycles. The molecule has 0 saturated heterocycles. The van der Waals surface area contributed by atoms with Gasteiger partial charge in [0.2, 0.25) is 0 Å². The Morgan fingerprint density at radius 1 is 0.742 bits per heavy atom. The van der Waals surface area contributed by atoms with Crippen molar-refractivity contribution in [3.63, 3.8) is 0 Å². The molecule has 0 spiro atoms. The first-order valence-electron chi connectivity index (χ1n) is 8.44. The summed E-state index contributed by atoms with van der Waals surface area (Å²) >= 11 is 0. The van der Waals surface area contributed by atoms with E-state index < -0.39 is 0 Å². The van der Waals surface area contributed by atoms with Gasteiger partial charge >= 0.3 is 16.5 Å². The molecule has 0 amide bonds. The maximum absolute atomic E-state index is 9.98. The van der Waals surface area contributed by atoms with Gasteiger partial charge in [0.25, 0.3) is 0 Å². The number of carbonyl (C=O) groups is 2. The number of ketones is 2. The van der Waals surface area contributed by atoms with Crippen LogP contribution in [0.15, 0.2) is 72.7 Å². The molecular formula is C22H22N4NiO4. The van der Waals surface area contributed by atoms with Crippen molar-refractivity contribution in [3.8, 4) is 12.1 Å². The standard InChI is InChI=1S/2C6H4N2.2C5H8O2.Ni/c2*7-5-6-1-3-8-4-2-6;2*1-4(6)3-5(2)7;/h2*1-4H;2*3,6H,1-2H3;/q;;;;+2/p-2/b;;2*4-3-;. The Morgan fingerprint density at radius 2 is 1.00 bits per heavy atom. The van der Waals surface area contributed by atoms with Crippen LogP contribution < -0.4 is 10.2 Å². The third-order valence-corrected chi connectivity index (χ3v) is 2.43. The molecule has 2 rings (SSSR count). The van der Waals surface area contributed by atoms with Crippen LogP contribution in [0.3, 0.4) is 0 Å². The topological polar surface area (TPSA) is 154 Å². The number of nitriles is 2. The smallest absolute Gasteiger partial charge is 0.876 e. The predicted octanol–water partition coefficient (Wildman–Crippen LogP) is 1.58. The molecule has 0 bridgehead atoms. The monoisotopic (exact) mass is 464 g/mol. The Bertz CT molecular complexity index is 831. The fourth-order valence-corrected chi connectivity index (χ4v) is 1.43. The summed E-state index contributed by atoms with van der Waals surface area (Å²) in [6.45, 7) is 5.39.